The summed E-state index contributed by atoms with van der Waals surface area (Å²) in [6.45, 7) is 4.21. The highest BCUT2D eigenvalue weighted by Gasteiger charge is 2.42. The van der Waals surface area contributed by atoms with Crippen LogP contribution in [0.15, 0.2) is 23.3 Å². The van der Waals surface area contributed by atoms with Gasteiger partial charge < -0.3 is 9.59 Å². The van der Waals surface area contributed by atoms with E-state index in [4.69, 9.17) is 0 Å². The zero-order chi connectivity index (χ0) is 15.7. The summed E-state index contributed by atoms with van der Waals surface area (Å²) in [6, 6.07) is 0. The van der Waals surface area contributed by atoms with Crippen molar-refractivity contribution in [3.05, 3.63) is 23.3 Å². The summed E-state index contributed by atoms with van der Waals surface area (Å²) in [7, 11) is 0. The number of aldehydes is 2. The molecule has 4 saturated carbocycles. The first-order chi connectivity index (χ1) is 10.7. The first-order valence-corrected chi connectivity index (χ1v) is 8.90. The Hall–Kier alpha value is -1.18. The minimum Gasteiger partial charge on any atom is -0.303 e. The largest absolute Gasteiger partial charge is 0.303 e. The summed E-state index contributed by atoms with van der Waals surface area (Å²) >= 11 is 0. The van der Waals surface area contributed by atoms with Gasteiger partial charge >= 0.3 is 0 Å². The first kappa shape index (κ1) is 15.7. The van der Waals surface area contributed by atoms with Crippen LogP contribution in [0.1, 0.15) is 52.4 Å². The predicted molar refractivity (Wildman–Crippen MR) is 88.3 cm³/mol. The van der Waals surface area contributed by atoms with Gasteiger partial charge in [-0.25, -0.2) is 0 Å². The van der Waals surface area contributed by atoms with Crippen molar-refractivity contribution >= 4 is 12.6 Å². The number of carbonyl (C=O) groups excluding carboxylic acids is 2. The maximum atomic E-state index is 10.6. The quantitative estimate of drug-likeness (QED) is 0.561. The van der Waals surface area contributed by atoms with Gasteiger partial charge in [0.05, 0.1) is 0 Å². The summed E-state index contributed by atoms with van der Waals surface area (Å²) in [5.74, 6) is 3.68. The number of hydrogen-bond donors (Lipinski definition) is 0. The molecule has 6 atom stereocenters. The van der Waals surface area contributed by atoms with Crippen LogP contribution in [0.4, 0.5) is 0 Å². The van der Waals surface area contributed by atoms with E-state index in [9.17, 15) is 9.59 Å². The van der Waals surface area contributed by atoms with E-state index < -0.39 is 0 Å². The number of allylic oxidation sites excluding steroid dienone is 4. The van der Waals surface area contributed by atoms with Crippen molar-refractivity contribution in [3.8, 4) is 0 Å². The maximum Gasteiger partial charge on any atom is 0.123 e. The van der Waals surface area contributed by atoms with Crippen LogP contribution in [-0.4, -0.2) is 12.6 Å². The second-order valence-electron chi connectivity index (χ2n) is 7.61. The summed E-state index contributed by atoms with van der Waals surface area (Å²) in [4.78, 5) is 21.2. The molecule has 4 rings (SSSR count). The molecule has 0 aromatic heterocycles. The third-order valence-corrected chi connectivity index (χ3v) is 6.57. The zero-order valence-electron chi connectivity index (χ0n) is 13.8. The van der Waals surface area contributed by atoms with Crippen molar-refractivity contribution in [2.24, 2.45) is 35.5 Å². The number of carbonyl (C=O) groups is 2. The molecular formula is C20H28O2. The SMILES string of the molecule is CC=C1CC2CC(C=O)C1C2.CC=C1CC2CC1CC2C=O. The van der Waals surface area contributed by atoms with Crippen molar-refractivity contribution in [2.45, 2.75) is 52.4 Å². The lowest BCUT2D eigenvalue weighted by Crippen LogP contribution is -2.13. The molecule has 0 aliphatic heterocycles. The molecule has 4 aliphatic rings. The number of hydrogen-bond acceptors (Lipinski definition) is 2. The Kier molecular flexibility index (Phi) is 4.65. The third-order valence-electron chi connectivity index (χ3n) is 6.57. The van der Waals surface area contributed by atoms with Crippen LogP contribution in [-0.2, 0) is 9.59 Å². The predicted octanol–water partition coefficient (Wildman–Crippen LogP) is 4.36. The molecule has 0 heterocycles. The Morgan fingerprint density at radius 1 is 0.818 bits per heavy atom. The van der Waals surface area contributed by atoms with Crippen LogP contribution < -0.4 is 0 Å². The average molecular weight is 300 g/mol. The van der Waals surface area contributed by atoms with Gasteiger partial charge in [-0.3, -0.25) is 0 Å². The minimum atomic E-state index is 0.361. The standard InChI is InChI=1S/2C10H14O/c1-2-8-3-7-4-9(6-11)10(8)5-7;1-2-7-3-9-4-8(7)5-10(9)6-11/h2,6-7,9-10H,3-5H2,1H3;2,6,8-10H,3-5H2,1H3. The smallest absolute Gasteiger partial charge is 0.123 e. The van der Waals surface area contributed by atoms with E-state index in [1.54, 1.807) is 11.1 Å². The molecule has 0 N–H and O–H groups in total. The molecule has 22 heavy (non-hydrogen) atoms. The Morgan fingerprint density at radius 2 is 1.55 bits per heavy atom. The van der Waals surface area contributed by atoms with Gasteiger partial charge in [0.15, 0.2) is 0 Å². The van der Waals surface area contributed by atoms with E-state index in [0.717, 1.165) is 37.2 Å². The minimum absolute atomic E-state index is 0.361. The number of fused-ring (bicyclic) bond motifs is 4. The van der Waals surface area contributed by atoms with Crippen molar-refractivity contribution in [3.63, 3.8) is 0 Å². The fourth-order valence-corrected chi connectivity index (χ4v) is 5.42. The van der Waals surface area contributed by atoms with Gasteiger partial charge in [0.25, 0.3) is 0 Å². The molecule has 2 nitrogen and oxygen atoms in total. The fourth-order valence-electron chi connectivity index (χ4n) is 5.42. The highest BCUT2D eigenvalue weighted by Crippen LogP contribution is 2.51. The summed E-state index contributed by atoms with van der Waals surface area (Å²) in [5, 5.41) is 0. The lowest BCUT2D eigenvalue weighted by atomic mass is 9.86. The topological polar surface area (TPSA) is 34.1 Å². The Morgan fingerprint density at radius 3 is 2.05 bits per heavy atom. The Bertz CT molecular complexity index is 502. The van der Waals surface area contributed by atoms with Crippen LogP contribution in [0, 0.1) is 35.5 Å². The van der Waals surface area contributed by atoms with Gasteiger partial charge in [-0.05, 0) is 76.0 Å². The second kappa shape index (κ2) is 6.52. The molecule has 0 aromatic rings. The summed E-state index contributed by atoms with van der Waals surface area (Å²) < 4.78 is 0. The Balaban J connectivity index is 0.000000131. The Labute approximate surface area is 134 Å². The van der Waals surface area contributed by atoms with Crippen LogP contribution in [0.2, 0.25) is 0 Å². The molecule has 4 bridgehead atoms. The van der Waals surface area contributed by atoms with Crippen molar-refractivity contribution in [1.29, 1.82) is 0 Å². The highest BCUT2D eigenvalue weighted by molar-refractivity contribution is 5.57. The zero-order valence-corrected chi connectivity index (χ0v) is 13.8. The van der Waals surface area contributed by atoms with Crippen molar-refractivity contribution < 1.29 is 9.59 Å². The van der Waals surface area contributed by atoms with Gasteiger partial charge in [-0.2, -0.15) is 0 Å². The van der Waals surface area contributed by atoms with Crippen LogP contribution >= 0.6 is 0 Å². The van der Waals surface area contributed by atoms with Crippen molar-refractivity contribution in [1.82, 2.24) is 0 Å². The molecule has 0 saturated heterocycles. The van der Waals surface area contributed by atoms with Gasteiger partial charge in [-0.15, -0.1) is 0 Å². The lowest BCUT2D eigenvalue weighted by Gasteiger charge is -2.18. The van der Waals surface area contributed by atoms with Crippen LogP contribution in [0.5, 0.6) is 0 Å². The average Bonchev–Trinajstić information content (AvgIpc) is 3.32. The first-order valence-electron chi connectivity index (χ1n) is 8.90. The molecule has 6 unspecified atom stereocenters. The molecule has 0 amide bonds. The lowest BCUT2D eigenvalue weighted by molar-refractivity contribution is -0.112. The highest BCUT2D eigenvalue weighted by atomic mass is 16.1. The van der Waals surface area contributed by atoms with Gasteiger partial charge in [-0.1, -0.05) is 23.3 Å². The molecule has 0 radical (unpaired) electrons. The van der Waals surface area contributed by atoms with E-state index in [1.807, 2.05) is 0 Å². The summed E-state index contributed by atoms with van der Waals surface area (Å²) in [5.41, 5.74) is 3.14. The molecule has 0 spiro atoms. The van der Waals surface area contributed by atoms with E-state index in [2.05, 4.69) is 26.0 Å². The van der Waals surface area contributed by atoms with Gasteiger partial charge in [0.2, 0.25) is 0 Å². The molecule has 4 aliphatic carbocycles. The summed E-state index contributed by atoms with van der Waals surface area (Å²) in [6.07, 6.45) is 14.1. The second-order valence-corrected chi connectivity index (χ2v) is 7.61. The van der Waals surface area contributed by atoms with Crippen molar-refractivity contribution in [2.75, 3.05) is 0 Å². The normalized spacial score (nSPS) is 45.2. The van der Waals surface area contributed by atoms with E-state index in [0.29, 0.717) is 23.7 Å². The van der Waals surface area contributed by atoms with E-state index >= 15 is 0 Å². The fraction of sp³-hybridized carbons (Fsp3) is 0.700. The van der Waals surface area contributed by atoms with Gasteiger partial charge in [0, 0.05) is 11.8 Å². The van der Waals surface area contributed by atoms with Crippen LogP contribution in [0.3, 0.4) is 0 Å². The van der Waals surface area contributed by atoms with Crippen LogP contribution in [0.25, 0.3) is 0 Å². The molecule has 0 aromatic carbocycles. The maximum absolute atomic E-state index is 10.6. The van der Waals surface area contributed by atoms with E-state index in [1.165, 1.54) is 25.7 Å². The van der Waals surface area contributed by atoms with E-state index in [-0.39, 0.29) is 0 Å². The monoisotopic (exact) mass is 300 g/mol. The number of rotatable bonds is 2. The molecule has 4 fully saturated rings. The molecule has 2 heteroatoms. The third kappa shape index (κ3) is 2.73. The molecule has 120 valence electrons. The molecular weight excluding hydrogens is 272 g/mol. The van der Waals surface area contributed by atoms with Gasteiger partial charge in [0.1, 0.15) is 12.6 Å².